The molecule has 4 aromatic heterocycles. The molecule has 0 saturated heterocycles. The molecule has 4 heterocycles. The van der Waals surface area contributed by atoms with E-state index in [9.17, 15) is 0 Å². The van der Waals surface area contributed by atoms with Gasteiger partial charge in [0.1, 0.15) is 16.7 Å². The van der Waals surface area contributed by atoms with Crippen molar-refractivity contribution in [1.29, 1.82) is 0 Å². The van der Waals surface area contributed by atoms with Crippen LogP contribution in [0.15, 0.2) is 221 Å². The number of para-hydroxylation sites is 2. The van der Waals surface area contributed by atoms with E-state index in [2.05, 4.69) is 168 Å². The van der Waals surface area contributed by atoms with Crippen molar-refractivity contribution < 1.29 is 8.83 Å². The highest BCUT2D eigenvalue weighted by atomic mass is 16.4. The first-order valence-electron chi connectivity index (χ1n) is 22.4. The van der Waals surface area contributed by atoms with E-state index >= 15 is 0 Å². The average Bonchev–Trinajstić information content (AvgIpc) is 4.11. The maximum atomic E-state index is 6.75. The van der Waals surface area contributed by atoms with E-state index in [0.717, 1.165) is 110 Å². The van der Waals surface area contributed by atoms with Gasteiger partial charge in [0.2, 0.25) is 5.89 Å². The normalized spacial score (nSPS) is 11.9. The molecule has 14 rings (SSSR count). The Hall–Kier alpha value is -9.20. The molecule has 0 aliphatic heterocycles. The Morgan fingerprint density at radius 3 is 1.73 bits per heavy atom. The van der Waals surface area contributed by atoms with Crippen LogP contribution >= 0.6 is 0 Å². The van der Waals surface area contributed by atoms with Gasteiger partial charge in [-0.15, -0.1) is 0 Å². The molecule has 0 aliphatic carbocycles. The molecule has 10 aromatic carbocycles. The minimum absolute atomic E-state index is 0.564. The summed E-state index contributed by atoms with van der Waals surface area (Å²) in [6, 6.07) is 73.5. The van der Waals surface area contributed by atoms with Crippen LogP contribution in [-0.4, -0.2) is 24.5 Å². The van der Waals surface area contributed by atoms with Gasteiger partial charge in [-0.1, -0.05) is 146 Å². The van der Waals surface area contributed by atoms with Gasteiger partial charge in [0.05, 0.1) is 16.4 Å². The predicted octanol–water partition coefficient (Wildman–Crippen LogP) is 15.7. The summed E-state index contributed by atoms with van der Waals surface area (Å²) in [5.74, 6) is 2.30. The highest BCUT2D eigenvalue weighted by Gasteiger charge is 2.21. The Morgan fingerprint density at radius 1 is 0.343 bits per heavy atom. The summed E-state index contributed by atoms with van der Waals surface area (Å²) >= 11 is 0. The molecular weight excluding hydrogens is 823 g/mol. The smallest absolute Gasteiger partial charge is 0.227 e. The fourth-order valence-electron chi connectivity index (χ4n) is 9.90. The van der Waals surface area contributed by atoms with Crippen LogP contribution in [0.2, 0.25) is 0 Å². The Kier molecular flexibility index (Phi) is 8.15. The standard InChI is InChI=1S/C60H35N5O2/c1-3-12-36(13-4-1)37-22-25-40(26-23-37)57-62-58(64-59(63-57)42-28-31-51-48(35-42)45-19-9-10-21-50(45)65(51)43-16-5-2-6-17-43)41-27-24-39-29-32-52-54(47(39)34-41)55-53(66-52)33-30-49-56(55)67-60(61-49)46-20-11-15-38-14-7-8-18-44(38)46/h1-35H. The van der Waals surface area contributed by atoms with Crippen LogP contribution in [0.4, 0.5) is 0 Å². The van der Waals surface area contributed by atoms with Crippen LogP contribution in [-0.2, 0) is 0 Å². The summed E-state index contributed by atoms with van der Waals surface area (Å²) in [6.07, 6.45) is 0. The zero-order chi connectivity index (χ0) is 44.0. The molecule has 7 nitrogen and oxygen atoms in total. The van der Waals surface area contributed by atoms with Gasteiger partial charge < -0.3 is 13.4 Å². The van der Waals surface area contributed by atoms with E-state index in [-0.39, 0.29) is 0 Å². The number of benzene rings is 10. The van der Waals surface area contributed by atoms with Crippen LogP contribution in [0.3, 0.4) is 0 Å². The first-order valence-corrected chi connectivity index (χ1v) is 22.4. The SMILES string of the molecule is c1ccc(-c2ccc(-c3nc(-c4ccc5ccc6oc7ccc8nc(-c9cccc%10ccccc9%10)oc8c7c6c5c4)nc(-c4ccc5c(c4)c4ccccc4n5-c4ccccc4)n3)cc2)cc1. The van der Waals surface area contributed by atoms with E-state index in [1.165, 1.54) is 0 Å². The van der Waals surface area contributed by atoms with Crippen molar-refractivity contribution in [1.82, 2.24) is 24.5 Å². The second kappa shape index (κ2) is 14.7. The molecule has 0 radical (unpaired) electrons. The fraction of sp³-hybridized carbons (Fsp3) is 0. The molecule has 7 heteroatoms. The molecule has 0 N–H and O–H groups in total. The second-order valence-electron chi connectivity index (χ2n) is 17.0. The number of aromatic nitrogens is 5. The number of furan rings is 1. The van der Waals surface area contributed by atoms with Crippen LogP contribution in [0, 0.1) is 0 Å². The van der Waals surface area contributed by atoms with Crippen molar-refractivity contribution in [3.05, 3.63) is 212 Å². The maximum Gasteiger partial charge on any atom is 0.227 e. The number of fused-ring (bicyclic) bond motifs is 11. The maximum absolute atomic E-state index is 6.75. The Labute approximate surface area is 382 Å². The van der Waals surface area contributed by atoms with Crippen molar-refractivity contribution in [3.8, 4) is 62.4 Å². The Balaban J connectivity index is 0.962. The van der Waals surface area contributed by atoms with Gasteiger partial charge in [-0.05, 0) is 99.4 Å². The van der Waals surface area contributed by atoms with Gasteiger partial charge in [-0.25, -0.2) is 19.9 Å². The molecule has 0 saturated carbocycles. The summed E-state index contributed by atoms with van der Waals surface area (Å²) in [7, 11) is 0. The lowest BCUT2D eigenvalue weighted by Crippen LogP contribution is -2.00. The van der Waals surface area contributed by atoms with E-state index < -0.39 is 0 Å². The molecule has 0 fully saturated rings. The molecule has 0 amide bonds. The highest BCUT2D eigenvalue weighted by Crippen LogP contribution is 2.42. The molecule has 312 valence electrons. The van der Waals surface area contributed by atoms with Crippen LogP contribution < -0.4 is 0 Å². The molecule has 0 unspecified atom stereocenters. The van der Waals surface area contributed by atoms with Crippen molar-refractivity contribution in [2.75, 3.05) is 0 Å². The third kappa shape index (κ3) is 5.99. The zero-order valence-electron chi connectivity index (χ0n) is 35.8. The predicted molar refractivity (Wildman–Crippen MR) is 271 cm³/mol. The second-order valence-corrected chi connectivity index (χ2v) is 17.0. The average molecular weight is 858 g/mol. The minimum Gasteiger partial charge on any atom is -0.456 e. The minimum atomic E-state index is 0.564. The number of rotatable bonds is 6. The molecule has 0 atom stereocenters. The molecule has 14 aromatic rings. The van der Waals surface area contributed by atoms with Crippen LogP contribution in [0.5, 0.6) is 0 Å². The van der Waals surface area contributed by atoms with E-state index in [0.29, 0.717) is 28.9 Å². The third-order valence-electron chi connectivity index (χ3n) is 13.1. The Bertz CT molecular complexity index is 4260. The van der Waals surface area contributed by atoms with Crippen LogP contribution in [0.25, 0.3) is 139 Å². The number of nitrogens with zero attached hydrogens (tertiary/aromatic N) is 5. The van der Waals surface area contributed by atoms with Gasteiger partial charge in [0.25, 0.3) is 0 Å². The van der Waals surface area contributed by atoms with Gasteiger partial charge in [-0.3, -0.25) is 0 Å². The van der Waals surface area contributed by atoms with Crippen molar-refractivity contribution in [3.63, 3.8) is 0 Å². The van der Waals surface area contributed by atoms with Crippen molar-refractivity contribution >= 4 is 76.4 Å². The zero-order valence-corrected chi connectivity index (χ0v) is 35.8. The van der Waals surface area contributed by atoms with Crippen LogP contribution in [0.1, 0.15) is 0 Å². The summed E-state index contributed by atoms with van der Waals surface area (Å²) in [4.78, 5) is 20.8. The summed E-state index contributed by atoms with van der Waals surface area (Å²) in [5, 5.41) is 8.37. The molecule has 67 heavy (non-hydrogen) atoms. The highest BCUT2D eigenvalue weighted by molar-refractivity contribution is 6.25. The first-order chi connectivity index (χ1) is 33.2. The van der Waals surface area contributed by atoms with Crippen molar-refractivity contribution in [2.24, 2.45) is 0 Å². The lowest BCUT2D eigenvalue weighted by atomic mass is 10.0. The summed E-state index contributed by atoms with van der Waals surface area (Å²) in [6.45, 7) is 0. The molecule has 0 aliphatic rings. The van der Waals surface area contributed by atoms with E-state index in [1.807, 2.05) is 48.5 Å². The van der Waals surface area contributed by atoms with Gasteiger partial charge in [0, 0.05) is 44.1 Å². The van der Waals surface area contributed by atoms with Gasteiger partial charge in [0.15, 0.2) is 23.1 Å². The van der Waals surface area contributed by atoms with Gasteiger partial charge >= 0.3 is 0 Å². The quantitative estimate of drug-likeness (QED) is 0.166. The number of hydrogen-bond acceptors (Lipinski definition) is 6. The number of hydrogen-bond donors (Lipinski definition) is 0. The van der Waals surface area contributed by atoms with Gasteiger partial charge in [-0.2, -0.15) is 0 Å². The third-order valence-corrected chi connectivity index (χ3v) is 13.1. The molecular formula is C60H35N5O2. The van der Waals surface area contributed by atoms with Crippen molar-refractivity contribution in [2.45, 2.75) is 0 Å². The summed E-state index contributed by atoms with van der Waals surface area (Å²) < 4.78 is 15.6. The van der Waals surface area contributed by atoms with E-state index in [4.69, 9.17) is 28.8 Å². The van der Waals surface area contributed by atoms with E-state index in [1.54, 1.807) is 0 Å². The number of oxazole rings is 1. The first kappa shape index (κ1) is 37.2. The fourth-order valence-corrected chi connectivity index (χ4v) is 9.90. The Morgan fingerprint density at radius 2 is 0.910 bits per heavy atom. The monoisotopic (exact) mass is 857 g/mol. The molecule has 0 spiro atoms. The largest absolute Gasteiger partial charge is 0.456 e. The molecule has 0 bridgehead atoms. The summed E-state index contributed by atoms with van der Waals surface area (Å²) in [5.41, 5.74) is 12.1. The topological polar surface area (TPSA) is 82.8 Å². The lowest BCUT2D eigenvalue weighted by molar-refractivity contribution is 0.623. The lowest BCUT2D eigenvalue weighted by Gasteiger charge is -2.11.